The van der Waals surface area contributed by atoms with E-state index in [9.17, 15) is 0 Å². The molecule has 0 fully saturated rings. The van der Waals surface area contributed by atoms with Crippen molar-refractivity contribution < 1.29 is 9.32 Å². The van der Waals surface area contributed by atoms with Crippen molar-refractivity contribution in [2.24, 2.45) is 0 Å². The minimum absolute atomic E-state index is 1.38. The van der Waals surface area contributed by atoms with Crippen molar-refractivity contribution in [1.82, 2.24) is 0 Å². The van der Waals surface area contributed by atoms with Gasteiger partial charge in [0.2, 0.25) is 0 Å². The minimum Gasteiger partial charge on any atom is -0.769 e. The summed E-state index contributed by atoms with van der Waals surface area (Å²) in [5, 5.41) is 0. The molecule has 2 nitrogen and oxygen atoms in total. The molecule has 0 amide bonds. The van der Waals surface area contributed by atoms with Gasteiger partial charge in [-0.05, 0) is 0 Å². The molecule has 0 bridgehead atoms. The summed E-state index contributed by atoms with van der Waals surface area (Å²) in [6.07, 6.45) is 2.82. The molecule has 0 N–H and O–H groups in total. The van der Waals surface area contributed by atoms with Crippen molar-refractivity contribution in [3.05, 3.63) is 0 Å². The van der Waals surface area contributed by atoms with Crippen LogP contribution in [0.15, 0.2) is 0 Å². The number of halogens is 2. The predicted octanol–water partition coefficient (Wildman–Crippen LogP) is 0.107. The van der Waals surface area contributed by atoms with Crippen LogP contribution in [-0.4, -0.2) is 22.5 Å². The van der Waals surface area contributed by atoms with Crippen molar-refractivity contribution in [2.45, 2.75) is 24.2 Å². The Labute approximate surface area is 79.6 Å². The molecular formula is C4H10Cl2O2Sn. The smallest absolute Gasteiger partial charge is 0.231 e. The van der Waals surface area contributed by atoms with Gasteiger partial charge in [0.1, 0.15) is 0 Å². The van der Waals surface area contributed by atoms with Crippen LogP contribution in [0.3, 0.4) is 0 Å². The van der Waals surface area contributed by atoms with Crippen LogP contribution in [0.25, 0.3) is 0 Å². The van der Waals surface area contributed by atoms with Gasteiger partial charge in [0.15, 0.2) is 0 Å². The van der Waals surface area contributed by atoms with Crippen LogP contribution in [0.4, 0.5) is 0 Å². The molecule has 0 radical (unpaired) electrons. The van der Waals surface area contributed by atoms with Crippen molar-refractivity contribution >= 4 is 46.3 Å². The molecule has 0 aromatic rings. The van der Waals surface area contributed by atoms with Crippen LogP contribution in [0, 0.1) is 0 Å². The van der Waals surface area contributed by atoms with E-state index in [1.165, 1.54) is 39.8 Å². The third kappa shape index (κ3) is 45.5. The predicted molar refractivity (Wildman–Crippen MR) is 38.6 cm³/mol. The van der Waals surface area contributed by atoms with Gasteiger partial charge >= 0.3 is 46.7 Å². The zero-order chi connectivity index (χ0) is 8.12. The minimum atomic E-state index is 1.38. The maximum Gasteiger partial charge on any atom is -0.231 e. The summed E-state index contributed by atoms with van der Waals surface area (Å²) in [6.45, 7) is 2.23. The number of rotatable bonds is 2. The monoisotopic (exact) mass is 280 g/mol. The second kappa shape index (κ2) is 34.7. The molecule has 0 saturated heterocycles. The van der Waals surface area contributed by atoms with Gasteiger partial charge in [-0.2, -0.15) is 0 Å². The molecule has 0 unspecified atom stereocenters. The van der Waals surface area contributed by atoms with Gasteiger partial charge in [-0.15, -0.1) is 0 Å². The van der Waals surface area contributed by atoms with Gasteiger partial charge in [-0.25, -0.2) is 23.7 Å². The van der Waals surface area contributed by atoms with Crippen molar-refractivity contribution in [3.63, 3.8) is 0 Å². The Morgan fingerprint density at radius 1 is 1.22 bits per heavy atom. The van der Waals surface area contributed by atoms with E-state index in [1.54, 1.807) is 0 Å². The third-order valence-electron chi connectivity index (χ3n) is 0.558. The Bertz CT molecular complexity index is 24.0. The standard InChI is InChI=1S/C4H9.2ClO.Sn.H/c1-3-4-2;2*1-2;;/h1,3-4H2,2H3;;;;/q;2*-1;+2;. The topological polar surface area (TPSA) is 46.1 Å². The maximum atomic E-state index is 7.72. The van der Waals surface area contributed by atoms with Gasteiger partial charge < -0.3 is 9.32 Å². The molecule has 5 heteroatoms. The van der Waals surface area contributed by atoms with Gasteiger partial charge in [0, 0.05) is 0 Å². The van der Waals surface area contributed by atoms with E-state index in [0.29, 0.717) is 0 Å². The fourth-order valence-electron chi connectivity index (χ4n) is 0.204. The van der Waals surface area contributed by atoms with Crippen molar-refractivity contribution in [1.29, 1.82) is 0 Å². The summed E-state index contributed by atoms with van der Waals surface area (Å²) >= 11 is 8.23. The Hall–Kier alpha value is 1.30. The molecule has 9 heavy (non-hydrogen) atoms. The molecule has 0 heterocycles. The summed E-state index contributed by atoms with van der Waals surface area (Å²) in [6, 6.07) is 0. The Kier molecular flexibility index (Phi) is 64.4. The second-order valence-electron chi connectivity index (χ2n) is 1.14. The van der Waals surface area contributed by atoms with E-state index in [-0.39, 0.29) is 0 Å². The molecule has 0 atom stereocenters. The molecule has 0 aromatic heterocycles. The SMILES string of the molecule is CCC[CH2][SnH+2].[O-]Cl.[O-]Cl. The fraction of sp³-hybridized carbons (Fsp3) is 1.00. The van der Waals surface area contributed by atoms with Gasteiger partial charge in [0.25, 0.3) is 0 Å². The third-order valence-corrected chi connectivity index (χ3v) is 1.72. The van der Waals surface area contributed by atoms with Crippen molar-refractivity contribution in [2.75, 3.05) is 0 Å². The molecule has 0 aliphatic rings. The Morgan fingerprint density at radius 2 is 1.56 bits per heavy atom. The summed E-state index contributed by atoms with van der Waals surface area (Å²) < 4.78 is 16.9. The van der Waals surface area contributed by atoms with E-state index < -0.39 is 0 Å². The van der Waals surface area contributed by atoms with Crippen molar-refractivity contribution in [3.8, 4) is 0 Å². The number of unbranched alkanes of at least 4 members (excludes halogenated alkanes) is 1. The molecule has 0 rings (SSSR count). The summed E-state index contributed by atoms with van der Waals surface area (Å²) in [5.41, 5.74) is 0. The first-order chi connectivity index (χ1) is 4.41. The molecular weight excluding hydrogens is 270 g/mol. The average molecular weight is 280 g/mol. The second-order valence-corrected chi connectivity index (χ2v) is 2.79. The quantitative estimate of drug-likeness (QED) is 0.674. The molecule has 0 aliphatic carbocycles. The fourth-order valence-corrected chi connectivity index (χ4v) is 1.37. The van der Waals surface area contributed by atoms with E-state index in [0.717, 1.165) is 0 Å². The zero-order valence-corrected chi connectivity index (χ0v) is 10.1. The average Bonchev–Trinajstić information content (AvgIpc) is 1.98. The van der Waals surface area contributed by atoms with E-state index in [4.69, 9.17) is 9.32 Å². The normalized spacial score (nSPS) is 5.78. The summed E-state index contributed by atoms with van der Waals surface area (Å²) in [7, 11) is 0. The Balaban J connectivity index is -0.0000000771. The van der Waals surface area contributed by atoms with Crippen LogP contribution >= 0.6 is 23.7 Å². The van der Waals surface area contributed by atoms with Gasteiger partial charge in [0.05, 0.1) is 0 Å². The maximum absolute atomic E-state index is 7.72. The molecule has 0 aromatic carbocycles. The van der Waals surface area contributed by atoms with E-state index >= 15 is 0 Å². The molecule has 0 saturated carbocycles. The molecule has 0 aliphatic heterocycles. The van der Waals surface area contributed by atoms with Crippen LogP contribution in [0.5, 0.6) is 0 Å². The first kappa shape index (κ1) is 16.7. The summed E-state index contributed by atoms with van der Waals surface area (Å²) in [4.78, 5) is 0. The Morgan fingerprint density at radius 3 is 1.56 bits per heavy atom. The van der Waals surface area contributed by atoms with Crippen LogP contribution in [-0.2, 0) is 0 Å². The summed E-state index contributed by atoms with van der Waals surface area (Å²) in [5.74, 6) is 0. The zero-order valence-electron chi connectivity index (χ0n) is 5.27. The largest absolute Gasteiger partial charge is 0.769 e. The molecule has 56 valence electrons. The van der Waals surface area contributed by atoms with E-state index in [1.807, 2.05) is 0 Å². The number of hydrogen-bond donors (Lipinski definition) is 0. The number of hydrogen-bond acceptors (Lipinski definition) is 2. The first-order valence-corrected chi connectivity index (χ1v) is 5.37. The van der Waals surface area contributed by atoms with Gasteiger partial charge in [-0.1, -0.05) is 0 Å². The van der Waals surface area contributed by atoms with Crippen LogP contribution in [0.2, 0.25) is 4.44 Å². The van der Waals surface area contributed by atoms with Gasteiger partial charge in [-0.3, -0.25) is 0 Å². The van der Waals surface area contributed by atoms with Crippen LogP contribution in [0.1, 0.15) is 19.8 Å². The molecule has 0 spiro atoms. The first-order valence-electron chi connectivity index (χ1n) is 2.42. The van der Waals surface area contributed by atoms with Crippen LogP contribution < -0.4 is 9.32 Å². The van der Waals surface area contributed by atoms with E-state index in [2.05, 4.69) is 30.7 Å².